The summed E-state index contributed by atoms with van der Waals surface area (Å²) in [5.41, 5.74) is -3.17. The summed E-state index contributed by atoms with van der Waals surface area (Å²) >= 11 is 7.01. The molecular weight excluding hydrogens is 676 g/mol. The number of amides is 2. The summed E-state index contributed by atoms with van der Waals surface area (Å²) in [4.78, 5) is 34.2. The molecular formula is C31H34B2ClF5N4O4S. The molecule has 1 aromatic carbocycles. The number of piperazine rings is 1. The van der Waals surface area contributed by atoms with Crippen molar-refractivity contribution in [3.63, 3.8) is 0 Å². The van der Waals surface area contributed by atoms with Crippen LogP contribution in [0.2, 0.25) is 0 Å². The summed E-state index contributed by atoms with van der Waals surface area (Å²) in [6.07, 6.45) is -2.17. The van der Waals surface area contributed by atoms with Crippen LogP contribution in [0, 0.1) is 5.41 Å². The smallest absolute Gasteiger partial charge is 0.417 e. The Morgan fingerprint density at radius 2 is 1.90 bits per heavy atom. The van der Waals surface area contributed by atoms with Crippen LogP contribution in [-0.4, -0.2) is 107 Å². The molecule has 48 heavy (non-hydrogen) atoms. The Morgan fingerprint density at radius 3 is 2.40 bits per heavy atom. The van der Waals surface area contributed by atoms with Gasteiger partial charge in [0.25, 0.3) is 0 Å². The highest BCUT2D eigenvalue weighted by molar-refractivity contribution is 7.99. The Kier molecular flexibility index (Phi) is 13.4. The Morgan fingerprint density at radius 1 is 1.23 bits per heavy atom. The molecule has 0 saturated carbocycles. The van der Waals surface area contributed by atoms with E-state index in [9.17, 15) is 36.6 Å². The number of thioether (sulfide) groups is 1. The summed E-state index contributed by atoms with van der Waals surface area (Å²) in [5, 5.41) is 8.83. The summed E-state index contributed by atoms with van der Waals surface area (Å²) in [5.74, 6) is -1.45. The van der Waals surface area contributed by atoms with Gasteiger partial charge in [-0.05, 0) is 24.5 Å². The summed E-state index contributed by atoms with van der Waals surface area (Å²) in [6, 6.07) is 0.388. The second-order valence-corrected chi connectivity index (χ2v) is 12.4. The zero-order valence-electron chi connectivity index (χ0n) is 26.8. The van der Waals surface area contributed by atoms with Crippen molar-refractivity contribution in [2.75, 3.05) is 57.1 Å². The first kappa shape index (κ1) is 39.2. The zero-order valence-corrected chi connectivity index (χ0v) is 28.4. The predicted molar refractivity (Wildman–Crippen MR) is 180 cm³/mol. The van der Waals surface area contributed by atoms with Crippen LogP contribution in [0.25, 0.3) is 6.08 Å². The number of aliphatic hydroxyl groups excluding tert-OH is 1. The van der Waals surface area contributed by atoms with E-state index in [1.807, 2.05) is 13.8 Å². The minimum absolute atomic E-state index is 0.0117. The quantitative estimate of drug-likeness (QED) is 0.0596. The number of nitrogens with zero attached hydrogens (tertiary/aromatic N) is 4. The molecule has 1 spiro atoms. The first-order chi connectivity index (χ1) is 22.7. The van der Waals surface area contributed by atoms with Gasteiger partial charge in [-0.1, -0.05) is 31.5 Å². The maximum Gasteiger partial charge on any atom is 0.417 e. The van der Waals surface area contributed by atoms with E-state index >= 15 is 0 Å². The van der Waals surface area contributed by atoms with Gasteiger partial charge in [0.15, 0.2) is 7.85 Å². The number of fused-ring (bicyclic) bond motifs is 1. The Balaban J connectivity index is 0.00000307. The number of aliphatic imine (C=N–C) groups is 1. The molecule has 8 nitrogen and oxygen atoms in total. The van der Waals surface area contributed by atoms with Crippen molar-refractivity contribution < 1.29 is 41.4 Å². The van der Waals surface area contributed by atoms with Crippen molar-refractivity contribution in [3.05, 3.63) is 63.2 Å². The molecule has 0 aromatic heterocycles. The van der Waals surface area contributed by atoms with Gasteiger partial charge in [0, 0.05) is 78.2 Å². The molecule has 3 aliphatic heterocycles. The molecule has 3 aliphatic rings. The van der Waals surface area contributed by atoms with Crippen LogP contribution in [0.1, 0.15) is 37.5 Å². The van der Waals surface area contributed by atoms with E-state index in [1.165, 1.54) is 16.8 Å². The van der Waals surface area contributed by atoms with E-state index in [-0.39, 0.29) is 73.3 Å². The van der Waals surface area contributed by atoms with E-state index < -0.39 is 51.1 Å². The summed E-state index contributed by atoms with van der Waals surface area (Å²) in [6.45, 7) is 6.71. The number of ether oxygens (including phenoxy) is 1. The van der Waals surface area contributed by atoms with Gasteiger partial charge in [-0.15, -0.1) is 11.8 Å². The lowest BCUT2D eigenvalue weighted by Gasteiger charge is -2.43. The SMILES string of the molecule is CC.[B]/C(O)=C(\[B])C(=O)N1CCN(C(=NC)c2cc(C(F)(F)F)c(/C=C/C(Cl)=C(F)\C=C\F)c3c2N(C=O)CC2(COC2)CS3)C(C)C1. The van der Waals surface area contributed by atoms with Crippen LogP contribution < -0.4 is 4.90 Å². The first-order valence-corrected chi connectivity index (χ1v) is 16.2. The average molecular weight is 711 g/mol. The summed E-state index contributed by atoms with van der Waals surface area (Å²) < 4.78 is 76.5. The van der Waals surface area contributed by atoms with E-state index in [4.69, 9.17) is 32.0 Å². The molecule has 0 bridgehead atoms. The highest BCUT2D eigenvalue weighted by atomic mass is 35.5. The standard InChI is InChI=1S/C29H28B2ClF5N4O4S.C2H6/c1-16-10-39(27(44)22(30)25(31)43)7-8-41(16)26(38-2)18-9-19(29(35,36)37)17(3-4-20(32)21(34)5-6-33)24-23(18)40(15-42)11-28(14-46-24)12-45-13-28;1-2/h3-6,9,15-16,43H,7-8,10-14H2,1-2H3;1-2H3/b4-3+,6-5+,21-20-,25-22+,38-26?;. The van der Waals surface area contributed by atoms with Crippen molar-refractivity contribution in [1.29, 1.82) is 0 Å². The van der Waals surface area contributed by atoms with Gasteiger partial charge in [-0.2, -0.15) is 13.2 Å². The molecule has 1 aromatic rings. The third kappa shape index (κ3) is 8.31. The normalized spacial score (nSPS) is 20.8. The molecule has 1 atom stereocenters. The van der Waals surface area contributed by atoms with Gasteiger partial charge in [0.05, 0.1) is 35.8 Å². The number of aliphatic hydroxyl groups is 1. The fourth-order valence-corrected chi connectivity index (χ4v) is 7.07. The van der Waals surface area contributed by atoms with Crippen LogP contribution in [-0.2, 0) is 20.5 Å². The largest absolute Gasteiger partial charge is 0.524 e. The van der Waals surface area contributed by atoms with Crippen molar-refractivity contribution in [3.8, 4) is 0 Å². The molecule has 2 amide bonds. The number of hydrogen-bond acceptors (Lipinski definition) is 6. The second kappa shape index (κ2) is 16.4. The molecule has 4 radical (unpaired) electrons. The highest BCUT2D eigenvalue weighted by Gasteiger charge is 2.46. The number of halogens is 6. The molecule has 0 aliphatic carbocycles. The fraction of sp³-hybridized carbons (Fsp3) is 0.452. The number of carbonyl (C=O) groups excluding carboxylic acids is 2. The minimum atomic E-state index is -4.92. The van der Waals surface area contributed by atoms with E-state index in [0.717, 1.165) is 30.0 Å². The molecule has 3 heterocycles. The first-order valence-electron chi connectivity index (χ1n) is 14.9. The highest BCUT2D eigenvalue weighted by Crippen LogP contribution is 2.50. The zero-order chi connectivity index (χ0) is 36.0. The maximum absolute atomic E-state index is 14.8. The molecule has 4 rings (SSSR count). The number of carbonyl (C=O) groups is 2. The van der Waals surface area contributed by atoms with Crippen LogP contribution in [0.3, 0.4) is 0 Å². The third-order valence-electron chi connectivity index (χ3n) is 7.84. The lowest BCUT2D eigenvalue weighted by atomic mass is 9.85. The van der Waals surface area contributed by atoms with E-state index in [2.05, 4.69) is 4.99 Å². The van der Waals surface area contributed by atoms with Crippen LogP contribution in [0.4, 0.5) is 27.6 Å². The average Bonchev–Trinajstić information content (AvgIpc) is 3.22. The fourth-order valence-electron chi connectivity index (χ4n) is 5.54. The number of anilines is 1. The van der Waals surface area contributed by atoms with Gasteiger partial charge in [0.2, 0.25) is 12.3 Å². The molecule has 256 valence electrons. The lowest BCUT2D eigenvalue weighted by Crippen LogP contribution is -2.56. The van der Waals surface area contributed by atoms with Gasteiger partial charge in [0.1, 0.15) is 19.5 Å². The van der Waals surface area contributed by atoms with Gasteiger partial charge < -0.3 is 24.5 Å². The lowest BCUT2D eigenvalue weighted by molar-refractivity contribution is -0.138. The van der Waals surface area contributed by atoms with E-state index in [1.54, 1.807) is 11.8 Å². The van der Waals surface area contributed by atoms with Crippen molar-refractivity contribution >= 4 is 69.0 Å². The molecule has 2 fully saturated rings. The number of allylic oxidation sites excluding steroid dienone is 4. The van der Waals surface area contributed by atoms with Crippen LogP contribution in [0.15, 0.2) is 56.4 Å². The molecule has 2 saturated heterocycles. The maximum atomic E-state index is 14.8. The van der Waals surface area contributed by atoms with Crippen molar-refractivity contribution in [2.24, 2.45) is 10.4 Å². The monoisotopic (exact) mass is 710 g/mol. The minimum Gasteiger partial charge on any atom is -0.524 e. The van der Waals surface area contributed by atoms with Gasteiger partial charge in [-0.25, -0.2) is 8.78 Å². The topological polar surface area (TPSA) is 85.7 Å². The van der Waals surface area contributed by atoms with Crippen molar-refractivity contribution in [2.45, 2.75) is 37.9 Å². The number of alkyl halides is 3. The number of amidine groups is 1. The summed E-state index contributed by atoms with van der Waals surface area (Å²) in [7, 11) is 12.3. The number of rotatable bonds is 6. The van der Waals surface area contributed by atoms with Crippen molar-refractivity contribution in [1.82, 2.24) is 9.80 Å². The Labute approximate surface area is 288 Å². The van der Waals surface area contributed by atoms with Crippen LogP contribution >= 0.6 is 23.4 Å². The molecule has 17 heteroatoms. The third-order valence-corrected chi connectivity index (χ3v) is 9.60. The number of hydrogen-bond donors (Lipinski definition) is 1. The predicted octanol–water partition coefficient (Wildman–Crippen LogP) is 5.71. The Hall–Kier alpha value is -3.23. The van der Waals surface area contributed by atoms with Gasteiger partial charge >= 0.3 is 6.18 Å². The second-order valence-electron chi connectivity index (χ2n) is 11.0. The van der Waals surface area contributed by atoms with Crippen LogP contribution in [0.5, 0.6) is 0 Å². The molecule has 1 unspecified atom stereocenters. The Bertz CT molecular complexity index is 1550. The van der Waals surface area contributed by atoms with Gasteiger partial charge in [-0.3, -0.25) is 14.6 Å². The number of benzene rings is 1. The molecule has 1 N–H and O–H groups in total. The van der Waals surface area contributed by atoms with E-state index in [0.29, 0.717) is 18.2 Å².